The minimum Gasteiger partial charge on any atom is -0.497 e. The molecule has 0 amide bonds. The number of rotatable bonds is 7. The highest BCUT2D eigenvalue weighted by Gasteiger charge is 2.05. The molecule has 1 N–H and O–H groups in total. The Hall–Kier alpha value is -2.12. The van der Waals surface area contributed by atoms with Gasteiger partial charge in [-0.15, -0.1) is 10.2 Å². The molecule has 7 heteroatoms. The van der Waals surface area contributed by atoms with Crippen molar-refractivity contribution in [3.8, 4) is 5.75 Å². The zero-order valence-corrected chi connectivity index (χ0v) is 14.2. The lowest BCUT2D eigenvalue weighted by Gasteiger charge is -2.03. The summed E-state index contributed by atoms with van der Waals surface area (Å²) < 4.78 is 6.10. The molecule has 0 saturated heterocycles. The molecule has 3 aromatic rings. The number of nitrogens with zero attached hydrogens (tertiary/aromatic N) is 3. The Morgan fingerprint density at radius 2 is 2.00 bits per heavy atom. The molecule has 0 unspecified atom stereocenters. The van der Waals surface area contributed by atoms with Crippen LogP contribution in [-0.2, 0) is 6.42 Å². The molecule has 0 bridgehead atoms. The predicted octanol–water partition coefficient (Wildman–Crippen LogP) is 4.02. The van der Waals surface area contributed by atoms with Gasteiger partial charge in [-0.1, -0.05) is 29.2 Å². The molecule has 0 atom stereocenters. The monoisotopic (exact) mass is 344 g/mol. The summed E-state index contributed by atoms with van der Waals surface area (Å²) in [6.45, 7) is 0. The van der Waals surface area contributed by atoms with Crippen molar-refractivity contribution >= 4 is 33.9 Å². The van der Waals surface area contributed by atoms with E-state index in [1.165, 1.54) is 0 Å². The van der Waals surface area contributed by atoms with E-state index in [9.17, 15) is 0 Å². The number of aryl methyl sites for hydroxylation is 1. The third kappa shape index (κ3) is 4.67. The van der Waals surface area contributed by atoms with E-state index in [4.69, 9.17) is 4.74 Å². The molecule has 0 aliphatic rings. The number of hydrogen-bond donors (Lipinski definition) is 1. The first-order valence-corrected chi connectivity index (χ1v) is 8.91. The van der Waals surface area contributed by atoms with E-state index in [-0.39, 0.29) is 0 Å². The Kier molecular flexibility index (Phi) is 5.44. The molecule has 3 rings (SSSR count). The van der Waals surface area contributed by atoms with Crippen LogP contribution in [0.2, 0.25) is 0 Å². The molecule has 118 valence electrons. The Morgan fingerprint density at radius 1 is 1.13 bits per heavy atom. The molecule has 5 nitrogen and oxygen atoms in total. The maximum absolute atomic E-state index is 5.14. The van der Waals surface area contributed by atoms with Gasteiger partial charge in [-0.05, 0) is 42.8 Å². The Morgan fingerprint density at radius 3 is 2.74 bits per heavy atom. The van der Waals surface area contributed by atoms with Gasteiger partial charge >= 0.3 is 0 Å². The van der Waals surface area contributed by atoms with E-state index in [0.29, 0.717) is 0 Å². The first-order chi connectivity index (χ1) is 11.3. The van der Waals surface area contributed by atoms with Gasteiger partial charge in [0.25, 0.3) is 0 Å². The molecular formula is C16H16N4OS2. The van der Waals surface area contributed by atoms with Gasteiger partial charge in [-0.3, -0.25) is 4.98 Å². The number of benzene rings is 1. The molecule has 2 heterocycles. The van der Waals surface area contributed by atoms with E-state index in [1.807, 2.05) is 48.7 Å². The SMILES string of the molecule is COc1ccc(Nc2nnc(SCCc3ccccn3)s2)cc1. The molecule has 0 aliphatic heterocycles. The highest BCUT2D eigenvalue weighted by Crippen LogP contribution is 2.28. The average molecular weight is 344 g/mol. The van der Waals surface area contributed by atoms with Crippen LogP contribution < -0.4 is 10.1 Å². The van der Waals surface area contributed by atoms with Crippen LogP contribution in [0.5, 0.6) is 5.75 Å². The van der Waals surface area contributed by atoms with Crippen LogP contribution in [0.15, 0.2) is 53.0 Å². The van der Waals surface area contributed by atoms with Gasteiger partial charge in [0.2, 0.25) is 5.13 Å². The zero-order valence-electron chi connectivity index (χ0n) is 12.6. The van der Waals surface area contributed by atoms with Gasteiger partial charge in [0.15, 0.2) is 4.34 Å². The predicted molar refractivity (Wildman–Crippen MR) is 94.9 cm³/mol. The molecular weight excluding hydrogens is 328 g/mol. The summed E-state index contributed by atoms with van der Waals surface area (Å²) in [6.07, 6.45) is 2.74. The second-order valence-corrected chi connectivity index (χ2v) is 6.97. The summed E-state index contributed by atoms with van der Waals surface area (Å²) in [7, 11) is 1.65. The topological polar surface area (TPSA) is 59.9 Å². The summed E-state index contributed by atoms with van der Waals surface area (Å²) in [4.78, 5) is 4.32. The Labute approximate surface area is 143 Å². The molecule has 0 saturated carbocycles. The second-order valence-electron chi connectivity index (χ2n) is 4.65. The van der Waals surface area contributed by atoms with Crippen molar-refractivity contribution in [1.82, 2.24) is 15.2 Å². The van der Waals surface area contributed by atoms with Crippen LogP contribution in [0.25, 0.3) is 0 Å². The van der Waals surface area contributed by atoms with Crippen molar-refractivity contribution in [2.45, 2.75) is 10.8 Å². The first kappa shape index (κ1) is 15.8. The quantitative estimate of drug-likeness (QED) is 0.653. The lowest BCUT2D eigenvalue weighted by molar-refractivity contribution is 0.415. The van der Waals surface area contributed by atoms with E-state index in [2.05, 4.69) is 20.5 Å². The number of ether oxygens (including phenoxy) is 1. The molecule has 1 aromatic carbocycles. The normalized spacial score (nSPS) is 10.5. The lowest BCUT2D eigenvalue weighted by Crippen LogP contribution is -1.91. The van der Waals surface area contributed by atoms with E-state index in [1.54, 1.807) is 30.2 Å². The number of methoxy groups -OCH3 is 1. The molecule has 0 fully saturated rings. The van der Waals surface area contributed by atoms with Crippen LogP contribution in [0.4, 0.5) is 10.8 Å². The number of anilines is 2. The highest BCUT2D eigenvalue weighted by molar-refractivity contribution is 8.01. The fourth-order valence-electron chi connectivity index (χ4n) is 1.91. The van der Waals surface area contributed by atoms with Crippen molar-refractivity contribution in [3.63, 3.8) is 0 Å². The summed E-state index contributed by atoms with van der Waals surface area (Å²) in [5.74, 6) is 1.77. The number of pyridine rings is 1. The Balaban J connectivity index is 1.51. The van der Waals surface area contributed by atoms with Crippen molar-refractivity contribution in [3.05, 3.63) is 54.4 Å². The van der Waals surface area contributed by atoms with E-state index < -0.39 is 0 Å². The molecule has 0 radical (unpaired) electrons. The van der Waals surface area contributed by atoms with Gasteiger partial charge in [-0.25, -0.2) is 0 Å². The van der Waals surface area contributed by atoms with Crippen LogP contribution in [-0.4, -0.2) is 28.0 Å². The van der Waals surface area contributed by atoms with Gasteiger partial charge in [0.1, 0.15) is 5.75 Å². The zero-order chi connectivity index (χ0) is 15.9. The average Bonchev–Trinajstić information content (AvgIpc) is 3.04. The van der Waals surface area contributed by atoms with Crippen LogP contribution in [0.1, 0.15) is 5.69 Å². The van der Waals surface area contributed by atoms with Crippen LogP contribution >= 0.6 is 23.1 Å². The lowest BCUT2D eigenvalue weighted by atomic mass is 10.3. The van der Waals surface area contributed by atoms with Gasteiger partial charge in [0.05, 0.1) is 7.11 Å². The van der Waals surface area contributed by atoms with Crippen LogP contribution in [0.3, 0.4) is 0 Å². The fraction of sp³-hybridized carbons (Fsp3) is 0.188. The summed E-state index contributed by atoms with van der Waals surface area (Å²) >= 11 is 3.25. The number of aromatic nitrogens is 3. The third-order valence-corrected chi connectivity index (χ3v) is 5.03. The molecule has 2 aromatic heterocycles. The minimum atomic E-state index is 0.788. The summed E-state index contributed by atoms with van der Waals surface area (Å²) in [5, 5.41) is 12.4. The molecule has 23 heavy (non-hydrogen) atoms. The second kappa shape index (κ2) is 7.94. The van der Waals surface area contributed by atoms with Gasteiger partial charge in [0, 0.05) is 23.3 Å². The van der Waals surface area contributed by atoms with Crippen molar-refractivity contribution < 1.29 is 4.74 Å². The first-order valence-electron chi connectivity index (χ1n) is 7.11. The van der Waals surface area contributed by atoms with Crippen LogP contribution in [0, 0.1) is 0 Å². The van der Waals surface area contributed by atoms with E-state index >= 15 is 0 Å². The number of nitrogens with one attached hydrogen (secondary N) is 1. The van der Waals surface area contributed by atoms with Crippen molar-refractivity contribution in [1.29, 1.82) is 0 Å². The summed E-state index contributed by atoms with van der Waals surface area (Å²) in [6, 6.07) is 13.7. The number of hydrogen-bond acceptors (Lipinski definition) is 7. The minimum absolute atomic E-state index is 0.788. The highest BCUT2D eigenvalue weighted by atomic mass is 32.2. The smallest absolute Gasteiger partial charge is 0.210 e. The van der Waals surface area contributed by atoms with Crippen molar-refractivity contribution in [2.24, 2.45) is 0 Å². The molecule has 0 spiro atoms. The largest absolute Gasteiger partial charge is 0.497 e. The maximum atomic E-state index is 5.14. The standard InChI is InChI=1S/C16H16N4OS2/c1-21-14-7-5-13(6-8-14)18-15-19-20-16(23-15)22-11-9-12-4-2-3-10-17-12/h2-8,10H,9,11H2,1H3,(H,18,19). The van der Waals surface area contributed by atoms with Gasteiger partial charge in [-0.2, -0.15) is 0 Å². The maximum Gasteiger partial charge on any atom is 0.210 e. The molecule has 0 aliphatic carbocycles. The van der Waals surface area contributed by atoms with Gasteiger partial charge < -0.3 is 10.1 Å². The third-order valence-electron chi connectivity index (χ3n) is 3.06. The number of thioether (sulfide) groups is 1. The van der Waals surface area contributed by atoms with Crippen molar-refractivity contribution in [2.75, 3.05) is 18.2 Å². The van der Waals surface area contributed by atoms with E-state index in [0.717, 1.165) is 38.8 Å². The summed E-state index contributed by atoms with van der Waals surface area (Å²) in [5.41, 5.74) is 2.06. The fourth-order valence-corrected chi connectivity index (χ4v) is 3.71. The Bertz CT molecular complexity index is 731.